The van der Waals surface area contributed by atoms with E-state index in [4.69, 9.17) is 9.47 Å². The van der Waals surface area contributed by atoms with Crippen molar-refractivity contribution in [2.45, 2.75) is 76.2 Å². The summed E-state index contributed by atoms with van der Waals surface area (Å²) in [5, 5.41) is 23.3. The first-order valence-electron chi connectivity index (χ1n) is 7.34. The van der Waals surface area contributed by atoms with E-state index in [1.807, 2.05) is 27.7 Å². The summed E-state index contributed by atoms with van der Waals surface area (Å²) in [6, 6.07) is -0.110. The topological polar surface area (TPSA) is 71.0 Å². The van der Waals surface area contributed by atoms with Gasteiger partial charge in [-0.15, -0.1) is 0 Å². The van der Waals surface area contributed by atoms with Gasteiger partial charge in [0.15, 0.2) is 0 Å². The van der Waals surface area contributed by atoms with E-state index in [-0.39, 0.29) is 30.4 Å². The average molecular weight is 285 g/mol. The van der Waals surface area contributed by atoms with Gasteiger partial charge >= 0.3 is 0 Å². The molecule has 0 radical (unpaired) electrons. The van der Waals surface area contributed by atoms with Crippen molar-refractivity contribution in [2.75, 3.05) is 6.61 Å². The Hall–Kier alpha value is -0.460. The predicted molar refractivity (Wildman–Crippen MR) is 76.5 cm³/mol. The molecule has 0 aliphatic carbocycles. The first-order valence-corrected chi connectivity index (χ1v) is 7.34. The van der Waals surface area contributed by atoms with Gasteiger partial charge in [-0.1, -0.05) is 19.1 Å². The van der Waals surface area contributed by atoms with Crippen molar-refractivity contribution in [2.24, 2.45) is 0 Å². The fourth-order valence-electron chi connectivity index (χ4n) is 2.81. The third-order valence-electron chi connectivity index (χ3n) is 4.47. The number of rotatable bonds is 5. The van der Waals surface area contributed by atoms with Crippen molar-refractivity contribution >= 4 is 0 Å². The molecule has 0 aromatic rings. The van der Waals surface area contributed by atoms with E-state index in [0.717, 1.165) is 12.0 Å². The molecular weight excluding hydrogens is 258 g/mol. The SMILES string of the molecule is C=C(C)C1NC2C(O)C(OC(C)(C)CC)C(CO)OC12. The van der Waals surface area contributed by atoms with Crippen LogP contribution in [0.5, 0.6) is 0 Å². The predicted octanol–water partition coefficient (Wildman–Crippen LogP) is 0.597. The van der Waals surface area contributed by atoms with Crippen molar-refractivity contribution in [3.63, 3.8) is 0 Å². The summed E-state index contributed by atoms with van der Waals surface area (Å²) in [5.74, 6) is 0. The van der Waals surface area contributed by atoms with Crippen LogP contribution in [0.25, 0.3) is 0 Å². The van der Waals surface area contributed by atoms with E-state index >= 15 is 0 Å². The van der Waals surface area contributed by atoms with Crippen LogP contribution >= 0.6 is 0 Å². The van der Waals surface area contributed by atoms with Gasteiger partial charge in [-0.05, 0) is 27.2 Å². The van der Waals surface area contributed by atoms with E-state index < -0.39 is 18.3 Å². The molecule has 2 saturated heterocycles. The molecule has 5 nitrogen and oxygen atoms in total. The van der Waals surface area contributed by atoms with Crippen molar-refractivity contribution in [1.29, 1.82) is 0 Å². The Morgan fingerprint density at radius 1 is 1.45 bits per heavy atom. The standard InChI is InChI=1S/C15H27NO4/c1-6-15(4,5)20-13-9(7-17)19-14-10(8(2)3)16-11(14)12(13)18/h9-14,16-18H,2,6-7H2,1,3-5H3. The highest BCUT2D eigenvalue weighted by Crippen LogP contribution is 2.35. The molecule has 2 rings (SSSR count). The lowest BCUT2D eigenvalue weighted by atomic mass is 9.79. The van der Waals surface area contributed by atoms with Crippen LogP contribution in [-0.2, 0) is 9.47 Å². The minimum atomic E-state index is -0.688. The van der Waals surface area contributed by atoms with E-state index in [2.05, 4.69) is 11.9 Å². The number of aliphatic hydroxyl groups is 2. The highest BCUT2D eigenvalue weighted by Gasteiger charge is 2.55. The maximum absolute atomic E-state index is 10.5. The summed E-state index contributed by atoms with van der Waals surface area (Å²) < 4.78 is 11.9. The van der Waals surface area contributed by atoms with Gasteiger partial charge in [0, 0.05) is 0 Å². The maximum atomic E-state index is 10.5. The number of hydrogen-bond donors (Lipinski definition) is 3. The van der Waals surface area contributed by atoms with E-state index in [1.165, 1.54) is 0 Å². The van der Waals surface area contributed by atoms with E-state index in [9.17, 15) is 10.2 Å². The summed E-state index contributed by atoms with van der Waals surface area (Å²) in [5.41, 5.74) is 0.621. The molecule has 0 aromatic carbocycles. The molecule has 0 bridgehead atoms. The Morgan fingerprint density at radius 3 is 2.60 bits per heavy atom. The lowest BCUT2D eigenvalue weighted by molar-refractivity contribution is -0.262. The molecule has 20 heavy (non-hydrogen) atoms. The molecule has 6 unspecified atom stereocenters. The summed E-state index contributed by atoms with van der Waals surface area (Å²) in [4.78, 5) is 0. The Balaban J connectivity index is 2.10. The Morgan fingerprint density at radius 2 is 2.10 bits per heavy atom. The monoisotopic (exact) mass is 285 g/mol. The fraction of sp³-hybridized carbons (Fsp3) is 0.867. The fourth-order valence-corrected chi connectivity index (χ4v) is 2.81. The third kappa shape index (κ3) is 2.78. The van der Waals surface area contributed by atoms with Crippen LogP contribution in [0, 0.1) is 0 Å². The number of aliphatic hydroxyl groups excluding tert-OH is 2. The third-order valence-corrected chi connectivity index (χ3v) is 4.47. The smallest absolute Gasteiger partial charge is 0.114 e. The largest absolute Gasteiger partial charge is 0.394 e. The second kappa shape index (κ2) is 5.73. The molecule has 2 fully saturated rings. The van der Waals surface area contributed by atoms with Crippen LogP contribution in [-0.4, -0.2) is 58.9 Å². The molecule has 0 saturated carbocycles. The van der Waals surface area contributed by atoms with Crippen LogP contribution in [0.1, 0.15) is 34.1 Å². The van der Waals surface area contributed by atoms with Gasteiger partial charge < -0.3 is 25.0 Å². The van der Waals surface area contributed by atoms with Gasteiger partial charge in [0.05, 0.1) is 30.4 Å². The van der Waals surface area contributed by atoms with Crippen LogP contribution in [0.3, 0.4) is 0 Å². The minimum Gasteiger partial charge on any atom is -0.394 e. The first kappa shape index (κ1) is 15.9. The first-order chi connectivity index (χ1) is 9.30. The van der Waals surface area contributed by atoms with Crippen molar-refractivity contribution < 1.29 is 19.7 Å². The van der Waals surface area contributed by atoms with Gasteiger partial charge in [-0.2, -0.15) is 0 Å². The van der Waals surface area contributed by atoms with Crippen molar-refractivity contribution in [3.05, 3.63) is 12.2 Å². The Bertz CT molecular complexity index is 369. The zero-order valence-electron chi connectivity index (χ0n) is 12.8. The second-order valence-corrected chi connectivity index (χ2v) is 6.52. The minimum absolute atomic E-state index is 0.0452. The quantitative estimate of drug-likeness (QED) is 0.645. The van der Waals surface area contributed by atoms with Crippen molar-refractivity contribution in [1.82, 2.24) is 5.32 Å². The summed E-state index contributed by atoms with van der Waals surface area (Å²) in [6.07, 6.45) is -1.02. The summed E-state index contributed by atoms with van der Waals surface area (Å²) >= 11 is 0. The lowest BCUT2D eigenvalue weighted by Crippen LogP contribution is -2.78. The van der Waals surface area contributed by atoms with Crippen LogP contribution in [0.2, 0.25) is 0 Å². The van der Waals surface area contributed by atoms with Crippen LogP contribution in [0.4, 0.5) is 0 Å². The molecule has 2 aliphatic heterocycles. The molecule has 3 N–H and O–H groups in total. The number of fused-ring (bicyclic) bond motifs is 1. The van der Waals surface area contributed by atoms with Gasteiger partial charge in [0.1, 0.15) is 18.3 Å². The average Bonchev–Trinajstić information content (AvgIpc) is 2.34. The van der Waals surface area contributed by atoms with Gasteiger partial charge in [-0.25, -0.2) is 0 Å². The van der Waals surface area contributed by atoms with Gasteiger partial charge in [0.25, 0.3) is 0 Å². The van der Waals surface area contributed by atoms with Crippen LogP contribution in [0.15, 0.2) is 12.2 Å². The molecule has 2 heterocycles. The normalized spacial score (nSPS) is 40.9. The van der Waals surface area contributed by atoms with Gasteiger partial charge in [0.2, 0.25) is 0 Å². The molecule has 0 amide bonds. The Kier molecular flexibility index (Phi) is 4.56. The zero-order valence-corrected chi connectivity index (χ0v) is 12.8. The highest BCUT2D eigenvalue weighted by molar-refractivity contribution is 5.20. The molecule has 0 spiro atoms. The second-order valence-electron chi connectivity index (χ2n) is 6.52. The molecule has 2 aliphatic rings. The molecule has 5 heteroatoms. The zero-order chi connectivity index (χ0) is 15.1. The van der Waals surface area contributed by atoms with E-state index in [1.54, 1.807) is 0 Å². The number of hydrogen-bond acceptors (Lipinski definition) is 5. The lowest BCUT2D eigenvalue weighted by Gasteiger charge is -2.56. The number of nitrogens with one attached hydrogen (secondary N) is 1. The summed E-state index contributed by atoms with van der Waals surface area (Å²) in [6.45, 7) is 11.7. The summed E-state index contributed by atoms with van der Waals surface area (Å²) in [7, 11) is 0. The highest BCUT2D eigenvalue weighted by atomic mass is 16.6. The van der Waals surface area contributed by atoms with E-state index in [0.29, 0.717) is 0 Å². The maximum Gasteiger partial charge on any atom is 0.114 e. The van der Waals surface area contributed by atoms with Crippen LogP contribution < -0.4 is 5.32 Å². The van der Waals surface area contributed by atoms with Gasteiger partial charge in [-0.3, -0.25) is 0 Å². The Labute approximate surface area is 121 Å². The molecule has 0 aromatic heterocycles. The molecule has 116 valence electrons. The van der Waals surface area contributed by atoms with Crippen molar-refractivity contribution in [3.8, 4) is 0 Å². The number of ether oxygens (including phenoxy) is 2. The molecule has 6 atom stereocenters. The molecular formula is C15H27NO4.